The van der Waals surface area contributed by atoms with Crippen molar-refractivity contribution in [1.82, 2.24) is 10.2 Å². The highest BCUT2D eigenvalue weighted by Crippen LogP contribution is 2.26. The first-order chi connectivity index (χ1) is 8.81. The van der Waals surface area contributed by atoms with Gasteiger partial charge >= 0.3 is 0 Å². The van der Waals surface area contributed by atoms with Gasteiger partial charge in [0.25, 0.3) is 0 Å². The second-order valence-corrected chi connectivity index (χ2v) is 5.96. The monoisotopic (exact) mass is 267 g/mol. The molecule has 0 aliphatic carbocycles. The van der Waals surface area contributed by atoms with Crippen LogP contribution in [0.2, 0.25) is 0 Å². The third kappa shape index (κ3) is 5.61. The minimum atomic E-state index is -0.873. The van der Waals surface area contributed by atoms with Crippen molar-refractivity contribution in [2.24, 2.45) is 11.3 Å². The van der Waals surface area contributed by atoms with Crippen LogP contribution in [0.5, 0.6) is 0 Å². The van der Waals surface area contributed by atoms with Crippen LogP contribution in [-0.2, 0) is 4.79 Å². The summed E-state index contributed by atoms with van der Waals surface area (Å²) >= 11 is 0. The zero-order chi connectivity index (χ0) is 15.1. The Kier molecular flexibility index (Phi) is 7.70. The molecule has 4 heteroatoms. The topological polar surface area (TPSA) is 56.1 Å². The smallest absolute Gasteiger partial charge is 0.240 e. The Morgan fingerprint density at radius 1 is 1.32 bits per heavy atom. The Balaban J connectivity index is 4.83. The second kappa shape index (κ2) is 8.16. The van der Waals surface area contributed by atoms with E-state index in [1.54, 1.807) is 0 Å². The third-order valence-corrected chi connectivity index (χ3v) is 3.53. The summed E-state index contributed by atoms with van der Waals surface area (Å²) in [4.78, 5) is 14.4. The molecule has 1 atom stereocenters. The molecular weight excluding hydrogens is 238 g/mol. The van der Waals surface area contributed by atoms with Crippen LogP contribution in [0, 0.1) is 22.7 Å². The lowest BCUT2D eigenvalue weighted by atomic mass is 9.82. The van der Waals surface area contributed by atoms with Crippen LogP contribution in [0.25, 0.3) is 0 Å². The number of hydrogen-bond acceptors (Lipinski definition) is 3. The van der Waals surface area contributed by atoms with Gasteiger partial charge in [0.2, 0.25) is 5.91 Å². The Labute approximate surface area is 118 Å². The largest absolute Gasteiger partial charge is 0.351 e. The van der Waals surface area contributed by atoms with Gasteiger partial charge in [-0.05, 0) is 39.3 Å². The minimum Gasteiger partial charge on any atom is -0.351 e. The van der Waals surface area contributed by atoms with E-state index in [1.807, 2.05) is 27.9 Å². The van der Waals surface area contributed by atoms with Crippen molar-refractivity contribution >= 4 is 5.91 Å². The average Bonchev–Trinajstić information content (AvgIpc) is 2.30. The fourth-order valence-electron chi connectivity index (χ4n) is 2.29. The molecule has 1 amide bonds. The molecule has 1 N–H and O–H groups in total. The number of nitrogens with zero attached hydrogens (tertiary/aromatic N) is 2. The molecule has 0 aliphatic rings. The summed E-state index contributed by atoms with van der Waals surface area (Å²) in [7, 11) is 3.99. The van der Waals surface area contributed by atoms with Crippen molar-refractivity contribution in [3.8, 4) is 6.07 Å². The molecule has 0 aromatic carbocycles. The molecule has 0 fully saturated rings. The Hall–Kier alpha value is -1.08. The number of carbonyl (C=O) groups is 1. The normalized spacial score (nSPS) is 13.4. The third-order valence-electron chi connectivity index (χ3n) is 3.53. The van der Waals surface area contributed by atoms with Gasteiger partial charge in [0.05, 0.1) is 6.07 Å². The van der Waals surface area contributed by atoms with Crippen molar-refractivity contribution in [1.29, 1.82) is 5.26 Å². The zero-order valence-corrected chi connectivity index (χ0v) is 13.3. The van der Waals surface area contributed by atoms with E-state index in [0.29, 0.717) is 18.8 Å². The number of likely N-dealkylation sites (N-methyl/N-ethyl adjacent to an activating group) is 1. The van der Waals surface area contributed by atoms with Gasteiger partial charge in [0, 0.05) is 12.6 Å². The maximum absolute atomic E-state index is 12.4. The average molecular weight is 267 g/mol. The molecule has 0 radical (unpaired) electrons. The fraction of sp³-hybridized carbons (Fsp3) is 0.867. The van der Waals surface area contributed by atoms with Crippen LogP contribution in [0.1, 0.15) is 47.0 Å². The molecule has 0 aromatic heterocycles. The van der Waals surface area contributed by atoms with E-state index < -0.39 is 5.41 Å². The molecule has 4 nitrogen and oxygen atoms in total. The fourth-order valence-corrected chi connectivity index (χ4v) is 2.29. The summed E-state index contributed by atoms with van der Waals surface area (Å²) in [6.07, 6.45) is 2.04. The molecular formula is C15H29N3O. The van der Waals surface area contributed by atoms with Gasteiger partial charge in [-0.15, -0.1) is 0 Å². The summed E-state index contributed by atoms with van der Waals surface area (Å²) in [6, 6.07) is 2.31. The van der Waals surface area contributed by atoms with Gasteiger partial charge < -0.3 is 10.2 Å². The van der Waals surface area contributed by atoms with E-state index in [2.05, 4.69) is 30.1 Å². The predicted molar refractivity (Wildman–Crippen MR) is 78.6 cm³/mol. The predicted octanol–water partition coefficient (Wildman–Crippen LogP) is 2.41. The Morgan fingerprint density at radius 3 is 2.16 bits per heavy atom. The molecule has 0 aliphatic heterocycles. The van der Waals surface area contributed by atoms with Crippen LogP contribution in [0.15, 0.2) is 0 Å². The standard InChI is InChI=1S/C15H29N3O/c1-7-15(8-2,11-16)14(19)17-13(9-12(3)4)10-18(5)6/h12-13H,7-10H2,1-6H3,(H,17,19). The first-order valence-corrected chi connectivity index (χ1v) is 7.18. The van der Waals surface area contributed by atoms with Crippen LogP contribution in [-0.4, -0.2) is 37.5 Å². The van der Waals surface area contributed by atoms with Crippen molar-refractivity contribution in [2.75, 3.05) is 20.6 Å². The molecule has 0 spiro atoms. The Morgan fingerprint density at radius 2 is 1.84 bits per heavy atom. The molecule has 0 saturated carbocycles. The molecule has 0 rings (SSSR count). The van der Waals surface area contributed by atoms with E-state index in [9.17, 15) is 10.1 Å². The van der Waals surface area contributed by atoms with E-state index in [-0.39, 0.29) is 11.9 Å². The second-order valence-electron chi connectivity index (χ2n) is 5.96. The van der Waals surface area contributed by atoms with Gasteiger partial charge in [-0.1, -0.05) is 27.7 Å². The maximum atomic E-state index is 12.4. The summed E-state index contributed by atoms with van der Waals surface area (Å²) in [5.41, 5.74) is -0.873. The maximum Gasteiger partial charge on any atom is 0.240 e. The van der Waals surface area contributed by atoms with E-state index in [4.69, 9.17) is 0 Å². The van der Waals surface area contributed by atoms with Gasteiger partial charge in [-0.3, -0.25) is 4.79 Å². The first-order valence-electron chi connectivity index (χ1n) is 7.18. The molecule has 110 valence electrons. The van der Waals surface area contributed by atoms with Crippen molar-refractivity contribution < 1.29 is 4.79 Å². The molecule has 1 unspecified atom stereocenters. The highest BCUT2D eigenvalue weighted by molar-refractivity contribution is 5.85. The first kappa shape index (κ1) is 17.9. The summed E-state index contributed by atoms with van der Waals surface area (Å²) in [5, 5.41) is 12.4. The number of nitrogens with one attached hydrogen (secondary N) is 1. The van der Waals surface area contributed by atoms with Gasteiger partial charge in [0.1, 0.15) is 5.41 Å². The van der Waals surface area contributed by atoms with Crippen molar-refractivity contribution in [3.63, 3.8) is 0 Å². The van der Waals surface area contributed by atoms with E-state index >= 15 is 0 Å². The zero-order valence-electron chi connectivity index (χ0n) is 13.3. The number of hydrogen-bond donors (Lipinski definition) is 1. The lowest BCUT2D eigenvalue weighted by Crippen LogP contribution is -2.48. The van der Waals surface area contributed by atoms with Crippen LogP contribution in [0.3, 0.4) is 0 Å². The SMILES string of the molecule is CCC(C#N)(CC)C(=O)NC(CC(C)C)CN(C)C. The molecule has 19 heavy (non-hydrogen) atoms. The minimum absolute atomic E-state index is 0.105. The molecule has 0 bridgehead atoms. The molecule has 0 aromatic rings. The molecule has 0 saturated heterocycles. The molecule has 0 heterocycles. The van der Waals surface area contributed by atoms with E-state index in [1.165, 1.54) is 0 Å². The quantitative estimate of drug-likeness (QED) is 0.734. The van der Waals surface area contributed by atoms with Gasteiger partial charge in [0.15, 0.2) is 0 Å². The van der Waals surface area contributed by atoms with Crippen LogP contribution < -0.4 is 5.32 Å². The number of nitriles is 1. The number of amides is 1. The highest BCUT2D eigenvalue weighted by atomic mass is 16.2. The number of rotatable bonds is 8. The van der Waals surface area contributed by atoms with Gasteiger partial charge in [-0.2, -0.15) is 5.26 Å². The van der Waals surface area contributed by atoms with E-state index in [0.717, 1.165) is 13.0 Å². The summed E-state index contributed by atoms with van der Waals surface area (Å²) in [6.45, 7) is 8.89. The van der Waals surface area contributed by atoms with Gasteiger partial charge in [-0.25, -0.2) is 0 Å². The Bertz CT molecular complexity index is 304. The summed E-state index contributed by atoms with van der Waals surface area (Å²) in [5.74, 6) is 0.400. The van der Waals surface area contributed by atoms with Crippen LogP contribution >= 0.6 is 0 Å². The lowest BCUT2D eigenvalue weighted by Gasteiger charge is -2.29. The lowest BCUT2D eigenvalue weighted by molar-refractivity contribution is -0.129. The summed E-state index contributed by atoms with van der Waals surface area (Å²) < 4.78 is 0. The van der Waals surface area contributed by atoms with Crippen LogP contribution in [0.4, 0.5) is 0 Å². The highest BCUT2D eigenvalue weighted by Gasteiger charge is 2.36. The number of carbonyl (C=O) groups excluding carboxylic acids is 1. The van der Waals surface area contributed by atoms with Crippen molar-refractivity contribution in [2.45, 2.75) is 53.0 Å². The van der Waals surface area contributed by atoms with Crippen molar-refractivity contribution in [3.05, 3.63) is 0 Å².